The molecule has 0 saturated carbocycles. The van der Waals surface area contributed by atoms with Gasteiger partial charge in [0.15, 0.2) is 0 Å². The average Bonchev–Trinajstić information content (AvgIpc) is 2.89. The van der Waals surface area contributed by atoms with Gasteiger partial charge in [-0.15, -0.1) is 0 Å². The maximum absolute atomic E-state index is 13.2. The SMILES string of the molecule is Cc1ccccc1-c1ccccc1C(=O)Nc1ccc(C(=O)N2CCCc3ccccc32)cc1. The molecule has 0 aromatic heterocycles. The van der Waals surface area contributed by atoms with Gasteiger partial charge >= 0.3 is 0 Å². The van der Waals surface area contributed by atoms with Crippen molar-refractivity contribution in [3.8, 4) is 11.1 Å². The summed E-state index contributed by atoms with van der Waals surface area (Å²) in [5.74, 6) is -0.196. The molecule has 0 radical (unpaired) electrons. The van der Waals surface area contributed by atoms with E-state index in [1.165, 1.54) is 5.56 Å². The lowest BCUT2D eigenvalue weighted by Crippen LogP contribution is -2.35. The summed E-state index contributed by atoms with van der Waals surface area (Å²) in [6.07, 6.45) is 1.95. The molecule has 4 heteroatoms. The molecule has 1 N–H and O–H groups in total. The van der Waals surface area contributed by atoms with Crippen LogP contribution < -0.4 is 10.2 Å². The Kier molecular flexibility index (Phi) is 5.96. The molecule has 0 atom stereocenters. The normalized spacial score (nSPS) is 12.7. The maximum atomic E-state index is 13.2. The van der Waals surface area contributed by atoms with E-state index >= 15 is 0 Å². The lowest BCUT2D eigenvalue weighted by atomic mass is 9.95. The lowest BCUT2D eigenvalue weighted by Gasteiger charge is -2.29. The highest BCUT2D eigenvalue weighted by Gasteiger charge is 2.23. The molecule has 1 aliphatic rings. The molecule has 4 aromatic rings. The molecule has 0 saturated heterocycles. The van der Waals surface area contributed by atoms with Gasteiger partial charge < -0.3 is 10.2 Å². The maximum Gasteiger partial charge on any atom is 0.258 e. The van der Waals surface area contributed by atoms with Crippen LogP contribution >= 0.6 is 0 Å². The van der Waals surface area contributed by atoms with Crippen molar-refractivity contribution in [1.82, 2.24) is 0 Å². The molecule has 0 unspecified atom stereocenters. The first-order valence-electron chi connectivity index (χ1n) is 11.6. The number of amides is 2. The highest BCUT2D eigenvalue weighted by Crippen LogP contribution is 2.29. The van der Waals surface area contributed by atoms with Gasteiger partial charge in [-0.3, -0.25) is 9.59 Å². The number of anilines is 2. The fourth-order valence-corrected chi connectivity index (χ4v) is 4.59. The summed E-state index contributed by atoms with van der Waals surface area (Å²) in [5, 5.41) is 2.99. The quantitative estimate of drug-likeness (QED) is 0.389. The average molecular weight is 447 g/mol. The molecule has 0 fully saturated rings. The summed E-state index contributed by atoms with van der Waals surface area (Å²) in [6.45, 7) is 2.75. The van der Waals surface area contributed by atoms with Crippen molar-refractivity contribution in [2.75, 3.05) is 16.8 Å². The van der Waals surface area contributed by atoms with E-state index in [0.717, 1.165) is 35.2 Å². The van der Waals surface area contributed by atoms with Crippen LogP contribution in [-0.2, 0) is 6.42 Å². The lowest BCUT2D eigenvalue weighted by molar-refractivity contribution is 0.0984. The van der Waals surface area contributed by atoms with E-state index in [2.05, 4.69) is 11.4 Å². The largest absolute Gasteiger partial charge is 0.322 e. The smallest absolute Gasteiger partial charge is 0.258 e. The topological polar surface area (TPSA) is 49.4 Å². The van der Waals surface area contributed by atoms with E-state index < -0.39 is 0 Å². The predicted molar refractivity (Wildman–Crippen MR) is 137 cm³/mol. The zero-order valence-electron chi connectivity index (χ0n) is 19.1. The zero-order chi connectivity index (χ0) is 23.5. The number of hydrogen-bond donors (Lipinski definition) is 1. The van der Waals surface area contributed by atoms with Gasteiger partial charge in [0.05, 0.1) is 0 Å². The third-order valence-electron chi connectivity index (χ3n) is 6.35. The molecule has 1 heterocycles. The predicted octanol–water partition coefficient (Wildman–Crippen LogP) is 6.51. The number of nitrogens with zero attached hydrogens (tertiary/aromatic N) is 1. The van der Waals surface area contributed by atoms with Crippen molar-refractivity contribution in [2.24, 2.45) is 0 Å². The second-order valence-electron chi connectivity index (χ2n) is 8.58. The third-order valence-corrected chi connectivity index (χ3v) is 6.35. The van der Waals surface area contributed by atoms with Crippen LogP contribution in [0.15, 0.2) is 97.1 Å². The Bertz CT molecular complexity index is 1360. The second kappa shape index (κ2) is 9.36. The number of carbonyl (C=O) groups is 2. The van der Waals surface area contributed by atoms with Crippen LogP contribution in [0.3, 0.4) is 0 Å². The van der Waals surface area contributed by atoms with Crippen LogP contribution in [0.2, 0.25) is 0 Å². The summed E-state index contributed by atoms with van der Waals surface area (Å²) >= 11 is 0. The van der Waals surface area contributed by atoms with Gasteiger partial charge in [0.2, 0.25) is 0 Å². The molecule has 1 aliphatic heterocycles. The summed E-state index contributed by atoms with van der Waals surface area (Å²) in [4.78, 5) is 28.2. The number of fused-ring (bicyclic) bond motifs is 1. The van der Waals surface area contributed by atoms with Gasteiger partial charge in [0.1, 0.15) is 0 Å². The van der Waals surface area contributed by atoms with Crippen molar-refractivity contribution in [3.05, 3.63) is 119 Å². The first kappa shape index (κ1) is 21.7. The fourth-order valence-electron chi connectivity index (χ4n) is 4.59. The van der Waals surface area contributed by atoms with Crippen LogP contribution in [-0.4, -0.2) is 18.4 Å². The van der Waals surface area contributed by atoms with Crippen molar-refractivity contribution < 1.29 is 9.59 Å². The molecule has 0 bridgehead atoms. The van der Waals surface area contributed by atoms with E-state index in [1.807, 2.05) is 78.6 Å². The third kappa shape index (κ3) is 4.23. The Morgan fingerprint density at radius 1 is 0.765 bits per heavy atom. The van der Waals surface area contributed by atoms with Crippen molar-refractivity contribution in [3.63, 3.8) is 0 Å². The van der Waals surface area contributed by atoms with Crippen molar-refractivity contribution >= 4 is 23.2 Å². The molecule has 2 amide bonds. The molecule has 0 spiro atoms. The molecule has 4 aromatic carbocycles. The Morgan fingerprint density at radius 2 is 1.44 bits per heavy atom. The van der Waals surface area contributed by atoms with E-state index in [0.29, 0.717) is 23.4 Å². The van der Waals surface area contributed by atoms with Gasteiger partial charge in [-0.1, -0.05) is 60.7 Å². The number of nitrogens with one attached hydrogen (secondary N) is 1. The van der Waals surface area contributed by atoms with Crippen molar-refractivity contribution in [1.29, 1.82) is 0 Å². The van der Waals surface area contributed by atoms with Crippen LogP contribution in [0.4, 0.5) is 11.4 Å². The van der Waals surface area contributed by atoms with Crippen LogP contribution in [0.1, 0.15) is 38.3 Å². The van der Waals surface area contributed by atoms with Gasteiger partial charge in [-0.05, 0) is 78.4 Å². The first-order chi connectivity index (χ1) is 16.6. The van der Waals surface area contributed by atoms with Crippen LogP contribution in [0.5, 0.6) is 0 Å². The van der Waals surface area contributed by atoms with Gasteiger partial charge in [0, 0.05) is 29.0 Å². The number of hydrogen-bond acceptors (Lipinski definition) is 2. The molecule has 0 aliphatic carbocycles. The highest BCUT2D eigenvalue weighted by atomic mass is 16.2. The van der Waals surface area contributed by atoms with Crippen LogP contribution in [0.25, 0.3) is 11.1 Å². The minimum atomic E-state index is -0.178. The molecule has 168 valence electrons. The van der Waals surface area contributed by atoms with Gasteiger partial charge in [-0.25, -0.2) is 0 Å². The summed E-state index contributed by atoms with van der Waals surface area (Å²) in [6, 6.07) is 30.9. The number of rotatable bonds is 4. The highest BCUT2D eigenvalue weighted by molar-refractivity contribution is 6.10. The fraction of sp³-hybridized carbons (Fsp3) is 0.133. The van der Waals surface area contributed by atoms with Gasteiger partial charge in [0.25, 0.3) is 11.8 Å². The number of aryl methyl sites for hydroxylation is 2. The number of para-hydroxylation sites is 1. The first-order valence-corrected chi connectivity index (χ1v) is 11.6. The summed E-state index contributed by atoms with van der Waals surface area (Å²) < 4.78 is 0. The molecule has 5 rings (SSSR count). The monoisotopic (exact) mass is 446 g/mol. The van der Waals surface area contributed by atoms with Crippen molar-refractivity contribution in [2.45, 2.75) is 19.8 Å². The number of benzene rings is 4. The second-order valence-corrected chi connectivity index (χ2v) is 8.58. The Hall–Kier alpha value is -4.18. The van der Waals surface area contributed by atoms with E-state index in [9.17, 15) is 9.59 Å². The molecule has 4 nitrogen and oxygen atoms in total. The Balaban J connectivity index is 1.35. The minimum absolute atomic E-state index is 0.0186. The number of carbonyl (C=O) groups excluding carboxylic acids is 2. The Labute approximate surface area is 199 Å². The minimum Gasteiger partial charge on any atom is -0.322 e. The summed E-state index contributed by atoms with van der Waals surface area (Å²) in [7, 11) is 0. The standard InChI is InChI=1S/C30H26N2O2/c1-21-9-2-4-12-25(21)26-13-5-6-14-27(26)29(33)31-24-18-16-23(17-19-24)30(34)32-20-8-11-22-10-3-7-15-28(22)32/h2-7,9-10,12-19H,8,11,20H2,1H3,(H,31,33). The molecule has 34 heavy (non-hydrogen) atoms. The van der Waals surface area contributed by atoms with Gasteiger partial charge in [-0.2, -0.15) is 0 Å². The zero-order valence-corrected chi connectivity index (χ0v) is 19.1. The Morgan fingerprint density at radius 3 is 2.24 bits per heavy atom. The van der Waals surface area contributed by atoms with E-state index in [4.69, 9.17) is 0 Å². The van der Waals surface area contributed by atoms with E-state index in [1.54, 1.807) is 24.3 Å². The molecular weight excluding hydrogens is 420 g/mol. The molecular formula is C30H26N2O2. The van der Waals surface area contributed by atoms with Crippen LogP contribution in [0, 0.1) is 6.92 Å². The van der Waals surface area contributed by atoms with E-state index in [-0.39, 0.29) is 11.8 Å². The summed E-state index contributed by atoms with van der Waals surface area (Å²) in [5.41, 5.74) is 7.12.